The van der Waals surface area contributed by atoms with Gasteiger partial charge in [-0.25, -0.2) is 4.79 Å². The molecule has 3 aromatic rings. The summed E-state index contributed by atoms with van der Waals surface area (Å²) in [6, 6.07) is 15.6. The zero-order valence-electron chi connectivity index (χ0n) is 13.4. The quantitative estimate of drug-likeness (QED) is 0.661. The molecule has 2 N–H and O–H groups in total. The van der Waals surface area contributed by atoms with E-state index in [2.05, 4.69) is 21.2 Å². The number of nitrogens with zero attached hydrogens (tertiary/aromatic N) is 1. The van der Waals surface area contributed by atoms with Gasteiger partial charge >= 0.3 is 5.97 Å². The van der Waals surface area contributed by atoms with Crippen molar-refractivity contribution in [3.63, 3.8) is 0 Å². The minimum Gasteiger partial charge on any atom is -0.479 e. The maximum absolute atomic E-state index is 12.2. The fourth-order valence-electron chi connectivity index (χ4n) is 2.74. The van der Waals surface area contributed by atoms with Gasteiger partial charge in [-0.1, -0.05) is 52.3 Å². The molecule has 2 aromatic carbocycles. The molecule has 0 radical (unpaired) electrons. The lowest BCUT2D eigenvalue weighted by Crippen LogP contribution is -2.34. The standard InChI is InChI=1S/C19H17BrN2O3/c20-15-7-6-13-8-10-22(16(13)12-15)11-9-17(23)21-18(19(24)25)14-4-2-1-3-5-14/h1-8,10,12,18H,9,11H2,(H,21,23)(H,24,25). The highest BCUT2D eigenvalue weighted by Gasteiger charge is 2.21. The summed E-state index contributed by atoms with van der Waals surface area (Å²) in [5, 5.41) is 13.1. The van der Waals surface area contributed by atoms with Gasteiger partial charge in [0.25, 0.3) is 0 Å². The molecule has 5 nitrogen and oxygen atoms in total. The molecule has 0 bridgehead atoms. The molecule has 1 unspecified atom stereocenters. The molecule has 0 fully saturated rings. The molecule has 1 aromatic heterocycles. The Morgan fingerprint density at radius 1 is 1.12 bits per heavy atom. The molecule has 0 aliphatic rings. The van der Waals surface area contributed by atoms with Crippen LogP contribution >= 0.6 is 15.9 Å². The number of rotatable bonds is 6. The number of carbonyl (C=O) groups is 2. The molecule has 1 heterocycles. The molecule has 3 rings (SSSR count). The Labute approximate surface area is 153 Å². The maximum atomic E-state index is 12.2. The Hall–Kier alpha value is -2.60. The van der Waals surface area contributed by atoms with Crippen LogP contribution in [0.25, 0.3) is 10.9 Å². The van der Waals surface area contributed by atoms with E-state index in [0.717, 1.165) is 15.4 Å². The molecule has 128 valence electrons. The number of hydrogen-bond acceptors (Lipinski definition) is 2. The summed E-state index contributed by atoms with van der Waals surface area (Å²) >= 11 is 3.45. The number of nitrogens with one attached hydrogen (secondary N) is 1. The summed E-state index contributed by atoms with van der Waals surface area (Å²) < 4.78 is 2.96. The fourth-order valence-corrected chi connectivity index (χ4v) is 3.09. The highest BCUT2D eigenvalue weighted by Crippen LogP contribution is 2.21. The lowest BCUT2D eigenvalue weighted by Gasteiger charge is -2.15. The minimum atomic E-state index is -1.07. The highest BCUT2D eigenvalue weighted by atomic mass is 79.9. The van der Waals surface area contributed by atoms with Crippen molar-refractivity contribution in [2.45, 2.75) is 19.0 Å². The van der Waals surface area contributed by atoms with Crippen molar-refractivity contribution in [3.8, 4) is 0 Å². The van der Waals surface area contributed by atoms with Crippen LogP contribution in [0.3, 0.4) is 0 Å². The van der Waals surface area contributed by atoms with Crippen molar-refractivity contribution in [3.05, 3.63) is 70.8 Å². The van der Waals surface area contributed by atoms with Crippen LogP contribution in [-0.4, -0.2) is 21.6 Å². The molecule has 1 atom stereocenters. The average Bonchev–Trinajstić information content (AvgIpc) is 3.00. The summed E-state index contributed by atoms with van der Waals surface area (Å²) in [6.45, 7) is 0.479. The highest BCUT2D eigenvalue weighted by molar-refractivity contribution is 9.10. The zero-order chi connectivity index (χ0) is 17.8. The Morgan fingerprint density at radius 2 is 1.88 bits per heavy atom. The summed E-state index contributed by atoms with van der Waals surface area (Å²) in [4.78, 5) is 23.7. The lowest BCUT2D eigenvalue weighted by atomic mass is 10.1. The summed E-state index contributed by atoms with van der Waals surface area (Å²) in [7, 11) is 0. The third-order valence-electron chi connectivity index (χ3n) is 4.00. The number of aromatic nitrogens is 1. The summed E-state index contributed by atoms with van der Waals surface area (Å²) in [5.74, 6) is -1.37. The smallest absolute Gasteiger partial charge is 0.330 e. The molecule has 0 saturated heterocycles. The van der Waals surface area contributed by atoms with Crippen molar-refractivity contribution < 1.29 is 14.7 Å². The van der Waals surface area contributed by atoms with Crippen LogP contribution in [-0.2, 0) is 16.1 Å². The Balaban J connectivity index is 1.67. The van der Waals surface area contributed by atoms with Crippen LogP contribution < -0.4 is 5.32 Å². The first kappa shape index (κ1) is 17.2. The molecular weight excluding hydrogens is 384 g/mol. The van der Waals surface area contributed by atoms with Crippen molar-refractivity contribution >= 4 is 38.7 Å². The normalized spacial score (nSPS) is 12.0. The van der Waals surface area contributed by atoms with Crippen LogP contribution in [0.2, 0.25) is 0 Å². The zero-order valence-corrected chi connectivity index (χ0v) is 14.9. The number of benzene rings is 2. The van der Waals surface area contributed by atoms with Crippen molar-refractivity contribution in [1.29, 1.82) is 0 Å². The van der Waals surface area contributed by atoms with Gasteiger partial charge in [0.05, 0.1) is 0 Å². The van der Waals surface area contributed by atoms with E-state index in [4.69, 9.17) is 0 Å². The van der Waals surface area contributed by atoms with Gasteiger partial charge in [-0.3, -0.25) is 4.79 Å². The van der Waals surface area contributed by atoms with E-state index >= 15 is 0 Å². The number of amides is 1. The van der Waals surface area contributed by atoms with E-state index in [0.29, 0.717) is 12.1 Å². The minimum absolute atomic E-state index is 0.201. The Morgan fingerprint density at radius 3 is 2.60 bits per heavy atom. The topological polar surface area (TPSA) is 71.3 Å². The van der Waals surface area contributed by atoms with Crippen molar-refractivity contribution in [2.75, 3.05) is 0 Å². The Kier molecular flexibility index (Phi) is 5.19. The van der Waals surface area contributed by atoms with Crippen molar-refractivity contribution in [2.24, 2.45) is 0 Å². The molecule has 0 spiro atoms. The van der Waals surface area contributed by atoms with Crippen molar-refractivity contribution in [1.82, 2.24) is 9.88 Å². The number of carbonyl (C=O) groups excluding carboxylic acids is 1. The monoisotopic (exact) mass is 400 g/mol. The average molecular weight is 401 g/mol. The fraction of sp³-hybridized carbons (Fsp3) is 0.158. The number of fused-ring (bicyclic) bond motifs is 1. The molecule has 0 aliphatic heterocycles. The molecule has 0 aliphatic carbocycles. The number of carboxylic acid groups (broad SMARTS) is 1. The van der Waals surface area contributed by atoms with Gasteiger partial charge in [-0.15, -0.1) is 0 Å². The van der Waals surface area contributed by atoms with Gasteiger partial charge in [-0.2, -0.15) is 0 Å². The van der Waals surface area contributed by atoms with Gasteiger partial charge in [0.2, 0.25) is 5.91 Å². The number of aryl methyl sites for hydroxylation is 1. The van der Waals surface area contributed by atoms with Gasteiger partial charge in [0, 0.05) is 29.2 Å². The van der Waals surface area contributed by atoms with Crippen LogP contribution in [0, 0.1) is 0 Å². The third kappa shape index (κ3) is 4.09. The third-order valence-corrected chi connectivity index (χ3v) is 4.49. The second kappa shape index (κ2) is 7.53. The number of halogens is 1. The van der Waals surface area contributed by atoms with E-state index < -0.39 is 12.0 Å². The second-order valence-electron chi connectivity index (χ2n) is 5.71. The maximum Gasteiger partial charge on any atom is 0.330 e. The van der Waals surface area contributed by atoms with E-state index in [1.165, 1.54) is 0 Å². The first-order valence-electron chi connectivity index (χ1n) is 7.86. The van der Waals surface area contributed by atoms with Gasteiger partial charge in [0.1, 0.15) is 0 Å². The van der Waals surface area contributed by atoms with Gasteiger partial charge in [-0.05, 0) is 29.1 Å². The van der Waals surface area contributed by atoms with Gasteiger partial charge in [0.15, 0.2) is 6.04 Å². The van der Waals surface area contributed by atoms with E-state index in [1.54, 1.807) is 30.3 Å². The number of carboxylic acids is 1. The van der Waals surface area contributed by atoms with Crippen LogP contribution in [0.15, 0.2) is 65.3 Å². The predicted molar refractivity (Wildman–Crippen MR) is 99.2 cm³/mol. The summed E-state index contributed by atoms with van der Waals surface area (Å²) in [6.07, 6.45) is 2.13. The van der Waals surface area contributed by atoms with Crippen LogP contribution in [0.4, 0.5) is 0 Å². The molecule has 6 heteroatoms. The second-order valence-corrected chi connectivity index (χ2v) is 6.63. The van der Waals surface area contributed by atoms with E-state index in [1.807, 2.05) is 35.0 Å². The number of aliphatic carboxylic acids is 1. The molecule has 25 heavy (non-hydrogen) atoms. The first-order valence-corrected chi connectivity index (χ1v) is 8.65. The first-order chi connectivity index (χ1) is 12.0. The predicted octanol–water partition coefficient (Wildman–Crippen LogP) is 3.74. The Bertz CT molecular complexity index is 905. The molecule has 1 amide bonds. The van der Waals surface area contributed by atoms with Gasteiger partial charge < -0.3 is 15.0 Å². The van der Waals surface area contributed by atoms with E-state index in [-0.39, 0.29) is 12.3 Å². The number of hydrogen-bond donors (Lipinski definition) is 2. The van der Waals surface area contributed by atoms with Crippen LogP contribution in [0.5, 0.6) is 0 Å². The largest absolute Gasteiger partial charge is 0.479 e. The molecular formula is C19H17BrN2O3. The summed E-state index contributed by atoms with van der Waals surface area (Å²) in [5.41, 5.74) is 1.58. The lowest BCUT2D eigenvalue weighted by molar-refractivity contribution is -0.142. The SMILES string of the molecule is O=C(CCn1ccc2ccc(Br)cc21)NC(C(=O)O)c1ccccc1. The molecule has 0 saturated carbocycles. The van der Waals surface area contributed by atoms with E-state index in [9.17, 15) is 14.7 Å². The van der Waals surface area contributed by atoms with Crippen LogP contribution in [0.1, 0.15) is 18.0 Å².